The summed E-state index contributed by atoms with van der Waals surface area (Å²) < 4.78 is 0. The fraction of sp³-hybridized carbons (Fsp3) is 0.375. The number of aliphatic hydroxyl groups is 1. The first-order valence-corrected chi connectivity index (χ1v) is 7.49. The molecule has 0 aliphatic carbocycles. The topological polar surface area (TPSA) is 78.0 Å². The van der Waals surface area contributed by atoms with Crippen molar-refractivity contribution in [3.05, 3.63) is 41.0 Å². The number of rotatable bonds is 5. The van der Waals surface area contributed by atoms with Gasteiger partial charge in [-0.3, -0.25) is 9.89 Å². The molecule has 1 unspecified atom stereocenters. The van der Waals surface area contributed by atoms with E-state index in [9.17, 15) is 9.90 Å². The summed E-state index contributed by atoms with van der Waals surface area (Å²) in [7, 11) is 0. The lowest BCUT2D eigenvalue weighted by Crippen LogP contribution is -2.44. The molecule has 1 aromatic carbocycles. The minimum atomic E-state index is -0.959. The molecule has 0 saturated carbocycles. The van der Waals surface area contributed by atoms with Crippen LogP contribution in [0.5, 0.6) is 0 Å². The predicted octanol–water partition coefficient (Wildman–Crippen LogP) is 2.87. The van der Waals surface area contributed by atoms with Crippen LogP contribution in [-0.4, -0.2) is 33.4 Å². The van der Waals surface area contributed by atoms with Crippen molar-refractivity contribution in [2.45, 2.75) is 26.4 Å². The van der Waals surface area contributed by atoms with Gasteiger partial charge in [0.15, 0.2) is 0 Å². The van der Waals surface area contributed by atoms with Crippen molar-refractivity contribution in [3.8, 4) is 11.3 Å². The Morgan fingerprint density at radius 3 is 2.64 bits per heavy atom. The van der Waals surface area contributed by atoms with Crippen LogP contribution in [0, 0.1) is 5.92 Å². The second kappa shape index (κ2) is 6.50. The molecular formula is C16H20ClN3O2. The van der Waals surface area contributed by atoms with Gasteiger partial charge in [0.2, 0.25) is 0 Å². The molecule has 1 atom stereocenters. The summed E-state index contributed by atoms with van der Waals surface area (Å²) in [5.74, 6) is -0.243. The second-order valence-corrected chi connectivity index (χ2v) is 6.30. The molecular weight excluding hydrogens is 302 g/mol. The highest BCUT2D eigenvalue weighted by atomic mass is 35.5. The highest BCUT2D eigenvalue weighted by Crippen LogP contribution is 2.23. The molecule has 1 aromatic heterocycles. The Hall–Kier alpha value is -1.85. The van der Waals surface area contributed by atoms with E-state index in [0.29, 0.717) is 16.3 Å². The maximum Gasteiger partial charge on any atom is 0.255 e. The standard InChI is InChI=1S/C16H20ClN3O2/c1-10(2)16(3,22)9-18-15(21)13-8-19-20-14(13)11-4-6-12(17)7-5-11/h4-8,10,22H,9H2,1-3H3,(H,18,21)(H,19,20). The van der Waals surface area contributed by atoms with Gasteiger partial charge in [-0.15, -0.1) is 0 Å². The quantitative estimate of drug-likeness (QED) is 0.792. The largest absolute Gasteiger partial charge is 0.388 e. The van der Waals surface area contributed by atoms with Crippen LogP contribution >= 0.6 is 11.6 Å². The first kappa shape index (κ1) is 16.5. The number of nitrogens with zero attached hydrogens (tertiary/aromatic N) is 1. The summed E-state index contributed by atoms with van der Waals surface area (Å²) in [6.45, 7) is 5.69. The Balaban J connectivity index is 2.15. The van der Waals surface area contributed by atoms with Crippen LogP contribution in [0.4, 0.5) is 0 Å². The Kier molecular flexibility index (Phi) is 4.88. The van der Waals surface area contributed by atoms with Crippen molar-refractivity contribution in [3.63, 3.8) is 0 Å². The summed E-state index contributed by atoms with van der Waals surface area (Å²) >= 11 is 5.87. The number of carbonyl (C=O) groups excluding carboxylic acids is 1. The van der Waals surface area contributed by atoms with E-state index in [1.165, 1.54) is 6.20 Å². The molecule has 3 N–H and O–H groups in total. The van der Waals surface area contributed by atoms with Crippen molar-refractivity contribution in [2.75, 3.05) is 6.54 Å². The van der Waals surface area contributed by atoms with Gasteiger partial charge < -0.3 is 10.4 Å². The zero-order valence-corrected chi connectivity index (χ0v) is 13.6. The summed E-state index contributed by atoms with van der Waals surface area (Å²) in [5, 5.41) is 20.3. The van der Waals surface area contributed by atoms with E-state index in [4.69, 9.17) is 11.6 Å². The van der Waals surface area contributed by atoms with E-state index < -0.39 is 5.60 Å². The van der Waals surface area contributed by atoms with Crippen molar-refractivity contribution >= 4 is 17.5 Å². The SMILES string of the molecule is CC(C)C(C)(O)CNC(=O)c1cn[nH]c1-c1ccc(Cl)cc1. The zero-order valence-electron chi connectivity index (χ0n) is 12.9. The third kappa shape index (κ3) is 3.67. The lowest BCUT2D eigenvalue weighted by atomic mass is 9.92. The van der Waals surface area contributed by atoms with Gasteiger partial charge in [-0.05, 0) is 25.0 Å². The van der Waals surface area contributed by atoms with Crippen LogP contribution in [0.3, 0.4) is 0 Å². The molecule has 5 nitrogen and oxygen atoms in total. The fourth-order valence-electron chi connectivity index (χ4n) is 1.85. The molecule has 0 bridgehead atoms. The smallest absolute Gasteiger partial charge is 0.255 e. The molecule has 0 fully saturated rings. The molecule has 2 aromatic rings. The van der Waals surface area contributed by atoms with E-state index in [1.54, 1.807) is 19.1 Å². The molecule has 118 valence electrons. The third-order valence-corrected chi connectivity index (χ3v) is 4.12. The molecule has 22 heavy (non-hydrogen) atoms. The van der Waals surface area contributed by atoms with Gasteiger partial charge in [-0.25, -0.2) is 0 Å². The van der Waals surface area contributed by atoms with Crippen molar-refractivity contribution in [2.24, 2.45) is 5.92 Å². The average Bonchev–Trinajstić information content (AvgIpc) is 2.95. The minimum Gasteiger partial charge on any atom is -0.388 e. The Bertz CT molecular complexity index is 648. The molecule has 0 saturated heterocycles. The number of amides is 1. The van der Waals surface area contributed by atoms with Crippen LogP contribution in [0.15, 0.2) is 30.5 Å². The molecule has 6 heteroatoms. The number of nitrogens with one attached hydrogen (secondary N) is 2. The number of aromatic nitrogens is 2. The minimum absolute atomic E-state index is 0.0351. The summed E-state index contributed by atoms with van der Waals surface area (Å²) in [6, 6.07) is 7.14. The number of hydrogen-bond donors (Lipinski definition) is 3. The molecule has 2 rings (SSSR count). The van der Waals surface area contributed by atoms with Crippen molar-refractivity contribution in [1.82, 2.24) is 15.5 Å². The van der Waals surface area contributed by atoms with Crippen molar-refractivity contribution in [1.29, 1.82) is 0 Å². The van der Waals surface area contributed by atoms with Crippen LogP contribution < -0.4 is 5.32 Å². The molecule has 0 radical (unpaired) electrons. The number of hydrogen-bond acceptors (Lipinski definition) is 3. The normalized spacial score (nSPS) is 13.9. The van der Waals surface area contributed by atoms with Gasteiger partial charge >= 0.3 is 0 Å². The van der Waals surface area contributed by atoms with Crippen LogP contribution in [-0.2, 0) is 0 Å². The molecule has 0 aliphatic heterocycles. The first-order chi connectivity index (χ1) is 10.3. The highest BCUT2D eigenvalue weighted by Gasteiger charge is 2.26. The Morgan fingerprint density at radius 2 is 2.05 bits per heavy atom. The van der Waals surface area contributed by atoms with E-state index in [0.717, 1.165) is 5.56 Å². The van der Waals surface area contributed by atoms with Gasteiger partial charge in [0.1, 0.15) is 0 Å². The maximum atomic E-state index is 12.3. The van der Waals surface area contributed by atoms with E-state index >= 15 is 0 Å². The Labute approximate surface area is 134 Å². The molecule has 1 heterocycles. The summed E-state index contributed by atoms with van der Waals surface area (Å²) in [6.07, 6.45) is 1.48. The third-order valence-electron chi connectivity index (χ3n) is 3.87. The number of halogens is 1. The Morgan fingerprint density at radius 1 is 1.41 bits per heavy atom. The molecule has 0 aliphatic rings. The molecule has 0 spiro atoms. The number of benzene rings is 1. The van der Waals surface area contributed by atoms with Gasteiger partial charge in [-0.1, -0.05) is 37.6 Å². The first-order valence-electron chi connectivity index (χ1n) is 7.11. The van der Waals surface area contributed by atoms with Crippen LogP contribution in [0.2, 0.25) is 5.02 Å². The maximum absolute atomic E-state index is 12.3. The lowest BCUT2D eigenvalue weighted by molar-refractivity contribution is 0.0142. The van der Waals surface area contributed by atoms with Gasteiger partial charge in [0.25, 0.3) is 5.91 Å². The van der Waals surface area contributed by atoms with E-state index in [-0.39, 0.29) is 18.4 Å². The monoisotopic (exact) mass is 321 g/mol. The second-order valence-electron chi connectivity index (χ2n) is 5.86. The van der Waals surface area contributed by atoms with Gasteiger partial charge in [0, 0.05) is 17.1 Å². The summed E-state index contributed by atoms with van der Waals surface area (Å²) in [5.41, 5.74) is 0.919. The van der Waals surface area contributed by atoms with E-state index in [2.05, 4.69) is 15.5 Å². The summed E-state index contributed by atoms with van der Waals surface area (Å²) in [4.78, 5) is 12.3. The number of aromatic amines is 1. The average molecular weight is 322 g/mol. The molecule has 1 amide bonds. The zero-order chi connectivity index (χ0) is 16.3. The van der Waals surface area contributed by atoms with E-state index in [1.807, 2.05) is 26.0 Å². The predicted molar refractivity (Wildman–Crippen MR) is 86.8 cm³/mol. The van der Waals surface area contributed by atoms with Crippen LogP contribution in [0.25, 0.3) is 11.3 Å². The van der Waals surface area contributed by atoms with Crippen molar-refractivity contribution < 1.29 is 9.90 Å². The number of H-pyrrole nitrogens is 1. The highest BCUT2D eigenvalue weighted by molar-refractivity contribution is 6.30. The van der Waals surface area contributed by atoms with Crippen LogP contribution in [0.1, 0.15) is 31.1 Å². The van der Waals surface area contributed by atoms with Gasteiger partial charge in [-0.2, -0.15) is 5.10 Å². The van der Waals surface area contributed by atoms with Gasteiger partial charge in [0.05, 0.1) is 23.1 Å². The lowest BCUT2D eigenvalue weighted by Gasteiger charge is -2.27. The fourth-order valence-corrected chi connectivity index (χ4v) is 1.98. The number of carbonyl (C=O) groups is 1.